The molecule has 0 saturated carbocycles. The largest absolute Gasteiger partial charge is 0.478 e. The van der Waals surface area contributed by atoms with E-state index in [2.05, 4.69) is 5.10 Å². The molecule has 1 rings (SSSR count). The lowest BCUT2D eigenvalue weighted by molar-refractivity contribution is -0.137. The Kier molecular flexibility index (Phi) is 3.01. The predicted molar refractivity (Wildman–Crippen MR) is 44.6 cm³/mol. The second-order valence-corrected chi connectivity index (χ2v) is 3.04. The summed E-state index contributed by atoms with van der Waals surface area (Å²) in [4.78, 5) is 10.6. The van der Waals surface area contributed by atoms with Crippen LogP contribution in [0.3, 0.4) is 0 Å². The average molecular weight is 222 g/mol. The van der Waals surface area contributed by atoms with Gasteiger partial charge in [-0.15, -0.1) is 0 Å². The van der Waals surface area contributed by atoms with Crippen molar-refractivity contribution in [1.82, 2.24) is 9.78 Å². The fourth-order valence-corrected chi connectivity index (χ4v) is 1.11. The van der Waals surface area contributed by atoms with Gasteiger partial charge in [0.2, 0.25) is 0 Å². The lowest BCUT2D eigenvalue weighted by atomic mass is 10.2. The SMILES string of the molecule is Cc1c(C(=O)O)cnn1CCC(F)(F)F. The highest BCUT2D eigenvalue weighted by molar-refractivity contribution is 5.88. The number of aryl methyl sites for hydroxylation is 1. The lowest BCUT2D eigenvalue weighted by Gasteiger charge is -2.07. The van der Waals surface area contributed by atoms with Gasteiger partial charge in [0, 0.05) is 12.2 Å². The van der Waals surface area contributed by atoms with Crippen LogP contribution in [-0.4, -0.2) is 27.0 Å². The third-order valence-corrected chi connectivity index (χ3v) is 1.94. The molecule has 1 aromatic heterocycles. The number of aromatic carboxylic acids is 1. The number of alkyl halides is 3. The molecule has 0 aliphatic heterocycles. The minimum absolute atomic E-state index is 0.0721. The van der Waals surface area contributed by atoms with E-state index in [1.54, 1.807) is 0 Å². The zero-order valence-electron chi connectivity index (χ0n) is 7.88. The molecule has 1 N–H and O–H groups in total. The molecule has 0 saturated heterocycles. The topological polar surface area (TPSA) is 55.1 Å². The number of hydrogen-bond donors (Lipinski definition) is 1. The Morgan fingerprint density at radius 1 is 1.60 bits per heavy atom. The molecule has 0 amide bonds. The van der Waals surface area contributed by atoms with Gasteiger partial charge in [0.15, 0.2) is 0 Å². The van der Waals surface area contributed by atoms with Gasteiger partial charge in [-0.1, -0.05) is 0 Å². The van der Waals surface area contributed by atoms with E-state index in [0.717, 1.165) is 10.9 Å². The number of rotatable bonds is 3. The van der Waals surface area contributed by atoms with Crippen molar-refractivity contribution in [2.75, 3.05) is 0 Å². The summed E-state index contributed by atoms with van der Waals surface area (Å²) >= 11 is 0. The Balaban J connectivity index is 2.75. The Labute approximate surface area is 83.3 Å². The smallest absolute Gasteiger partial charge is 0.390 e. The zero-order valence-corrected chi connectivity index (χ0v) is 7.88. The summed E-state index contributed by atoms with van der Waals surface area (Å²) in [6, 6.07) is 0. The fourth-order valence-electron chi connectivity index (χ4n) is 1.11. The molecular formula is C8H9F3N2O2. The second-order valence-electron chi connectivity index (χ2n) is 3.04. The van der Waals surface area contributed by atoms with Crippen LogP contribution >= 0.6 is 0 Å². The number of carbonyl (C=O) groups is 1. The molecule has 4 nitrogen and oxygen atoms in total. The number of nitrogens with zero attached hydrogens (tertiary/aromatic N) is 2. The third-order valence-electron chi connectivity index (χ3n) is 1.94. The van der Waals surface area contributed by atoms with E-state index in [9.17, 15) is 18.0 Å². The van der Waals surface area contributed by atoms with E-state index in [4.69, 9.17) is 5.11 Å². The van der Waals surface area contributed by atoms with Gasteiger partial charge >= 0.3 is 12.1 Å². The minimum atomic E-state index is -4.26. The molecule has 0 aromatic carbocycles. The molecule has 0 spiro atoms. The molecule has 84 valence electrons. The van der Waals surface area contributed by atoms with Crippen LogP contribution in [0.15, 0.2) is 6.20 Å². The quantitative estimate of drug-likeness (QED) is 0.848. The van der Waals surface area contributed by atoms with Crippen molar-refractivity contribution in [3.63, 3.8) is 0 Å². The van der Waals surface area contributed by atoms with Crippen molar-refractivity contribution in [2.45, 2.75) is 26.1 Å². The van der Waals surface area contributed by atoms with E-state index in [1.165, 1.54) is 6.92 Å². The van der Waals surface area contributed by atoms with Crippen LogP contribution in [0.1, 0.15) is 22.5 Å². The highest BCUT2D eigenvalue weighted by atomic mass is 19.4. The first kappa shape index (κ1) is 11.5. The molecular weight excluding hydrogens is 213 g/mol. The zero-order chi connectivity index (χ0) is 11.6. The summed E-state index contributed by atoms with van der Waals surface area (Å²) in [6.45, 7) is 1.06. The number of carboxylic acids is 1. The van der Waals surface area contributed by atoms with E-state index in [-0.39, 0.29) is 17.8 Å². The van der Waals surface area contributed by atoms with E-state index in [0.29, 0.717) is 0 Å². The van der Waals surface area contributed by atoms with Crippen molar-refractivity contribution < 1.29 is 23.1 Å². The molecule has 0 aliphatic carbocycles. The molecule has 1 aromatic rings. The van der Waals surface area contributed by atoms with Crippen LogP contribution < -0.4 is 0 Å². The van der Waals surface area contributed by atoms with Crippen molar-refractivity contribution in [2.24, 2.45) is 0 Å². The van der Waals surface area contributed by atoms with Gasteiger partial charge < -0.3 is 5.11 Å². The maximum Gasteiger partial charge on any atom is 0.390 e. The Hall–Kier alpha value is -1.53. The van der Waals surface area contributed by atoms with Crippen LogP contribution in [0.2, 0.25) is 0 Å². The first-order chi connectivity index (χ1) is 6.81. The van der Waals surface area contributed by atoms with Crippen LogP contribution in [0.5, 0.6) is 0 Å². The van der Waals surface area contributed by atoms with Gasteiger partial charge in [-0.3, -0.25) is 4.68 Å². The molecule has 15 heavy (non-hydrogen) atoms. The maximum absolute atomic E-state index is 11.9. The maximum atomic E-state index is 11.9. The van der Waals surface area contributed by atoms with Gasteiger partial charge in [-0.25, -0.2) is 4.79 Å². The monoisotopic (exact) mass is 222 g/mol. The predicted octanol–water partition coefficient (Wildman–Crippen LogP) is 1.84. The van der Waals surface area contributed by atoms with Crippen molar-refractivity contribution in [1.29, 1.82) is 0 Å². The lowest BCUT2D eigenvalue weighted by Crippen LogP contribution is -2.14. The van der Waals surface area contributed by atoms with Gasteiger partial charge in [-0.2, -0.15) is 18.3 Å². The molecule has 0 atom stereocenters. The van der Waals surface area contributed by atoms with Crippen LogP contribution in [-0.2, 0) is 6.54 Å². The summed E-state index contributed by atoms with van der Waals surface area (Å²) in [7, 11) is 0. The minimum Gasteiger partial charge on any atom is -0.478 e. The third kappa shape index (κ3) is 2.97. The fraction of sp³-hybridized carbons (Fsp3) is 0.500. The highest BCUT2D eigenvalue weighted by Gasteiger charge is 2.27. The van der Waals surface area contributed by atoms with Crippen molar-refractivity contribution in [3.8, 4) is 0 Å². The Morgan fingerprint density at radius 3 is 2.60 bits per heavy atom. The van der Waals surface area contributed by atoms with E-state index < -0.39 is 18.6 Å². The molecule has 0 aliphatic rings. The normalized spacial score (nSPS) is 11.7. The highest BCUT2D eigenvalue weighted by Crippen LogP contribution is 2.20. The molecule has 0 radical (unpaired) electrons. The molecule has 0 fully saturated rings. The van der Waals surface area contributed by atoms with Crippen molar-refractivity contribution >= 4 is 5.97 Å². The molecule has 7 heteroatoms. The summed E-state index contributed by atoms with van der Waals surface area (Å²) < 4.78 is 36.7. The van der Waals surface area contributed by atoms with Crippen LogP contribution in [0.25, 0.3) is 0 Å². The van der Waals surface area contributed by atoms with E-state index in [1.807, 2.05) is 0 Å². The van der Waals surface area contributed by atoms with Crippen LogP contribution in [0.4, 0.5) is 13.2 Å². The number of carboxylic acid groups (broad SMARTS) is 1. The van der Waals surface area contributed by atoms with Gasteiger partial charge in [0.1, 0.15) is 5.56 Å². The summed E-state index contributed by atoms with van der Waals surface area (Å²) in [5.41, 5.74) is 0.156. The molecule has 0 unspecified atom stereocenters. The summed E-state index contributed by atoms with van der Waals surface area (Å²) in [5.74, 6) is -1.19. The Morgan fingerprint density at radius 2 is 2.20 bits per heavy atom. The van der Waals surface area contributed by atoms with Crippen LogP contribution in [0, 0.1) is 6.92 Å². The molecule has 1 heterocycles. The number of halogens is 3. The van der Waals surface area contributed by atoms with E-state index >= 15 is 0 Å². The molecule has 0 bridgehead atoms. The first-order valence-electron chi connectivity index (χ1n) is 4.13. The Bertz CT molecular complexity index is 370. The summed E-state index contributed by atoms with van der Waals surface area (Å²) in [5, 5.41) is 12.2. The van der Waals surface area contributed by atoms with Gasteiger partial charge in [0.25, 0.3) is 0 Å². The number of aromatic nitrogens is 2. The van der Waals surface area contributed by atoms with Crippen molar-refractivity contribution in [3.05, 3.63) is 17.5 Å². The standard InChI is InChI=1S/C8H9F3N2O2/c1-5-6(7(14)15)4-12-13(5)3-2-8(9,10)11/h4H,2-3H2,1H3,(H,14,15). The summed E-state index contributed by atoms with van der Waals surface area (Å²) in [6.07, 6.45) is -4.23. The second kappa shape index (κ2) is 3.92. The average Bonchev–Trinajstić information content (AvgIpc) is 2.42. The van der Waals surface area contributed by atoms with Gasteiger partial charge in [-0.05, 0) is 6.92 Å². The number of hydrogen-bond acceptors (Lipinski definition) is 2. The first-order valence-corrected chi connectivity index (χ1v) is 4.13. The van der Waals surface area contributed by atoms with Gasteiger partial charge in [0.05, 0.1) is 12.6 Å².